The van der Waals surface area contributed by atoms with Crippen molar-refractivity contribution in [3.8, 4) is 0 Å². The summed E-state index contributed by atoms with van der Waals surface area (Å²) >= 11 is 0. The van der Waals surface area contributed by atoms with E-state index in [1.165, 1.54) is 19.2 Å². The first-order valence-corrected chi connectivity index (χ1v) is 5.50. The van der Waals surface area contributed by atoms with Gasteiger partial charge in [-0.25, -0.2) is 4.39 Å². The summed E-state index contributed by atoms with van der Waals surface area (Å²) in [6.07, 6.45) is 0. The number of hydrogen-bond acceptors (Lipinski definition) is 4. The molecule has 0 bridgehead atoms. The van der Waals surface area contributed by atoms with Crippen LogP contribution in [0.2, 0.25) is 0 Å². The van der Waals surface area contributed by atoms with Crippen LogP contribution < -0.4 is 5.73 Å². The predicted octanol–water partition coefficient (Wildman–Crippen LogP) is 0.581. The summed E-state index contributed by atoms with van der Waals surface area (Å²) < 4.78 is 18.4. The number of nitrogen functional groups attached to an aromatic ring is 1. The van der Waals surface area contributed by atoms with E-state index in [-0.39, 0.29) is 24.4 Å². The van der Waals surface area contributed by atoms with Crippen molar-refractivity contribution < 1.29 is 23.8 Å². The summed E-state index contributed by atoms with van der Waals surface area (Å²) in [6.45, 7) is -0.299. The SMILES string of the molecule is COCCN(CC(=O)O)C(=O)c1ccc(N)cc1F. The number of anilines is 1. The summed E-state index contributed by atoms with van der Waals surface area (Å²) in [4.78, 5) is 23.7. The number of ether oxygens (including phenoxy) is 1. The van der Waals surface area contributed by atoms with Gasteiger partial charge in [0, 0.05) is 19.3 Å². The topological polar surface area (TPSA) is 92.9 Å². The quantitative estimate of drug-likeness (QED) is 0.738. The number of nitrogens with zero attached hydrogens (tertiary/aromatic N) is 1. The fraction of sp³-hybridized carbons (Fsp3) is 0.333. The van der Waals surface area contributed by atoms with Crippen LogP contribution in [0, 0.1) is 5.82 Å². The van der Waals surface area contributed by atoms with Gasteiger partial charge in [-0.1, -0.05) is 0 Å². The lowest BCUT2D eigenvalue weighted by Crippen LogP contribution is -2.38. The lowest BCUT2D eigenvalue weighted by atomic mass is 10.1. The number of amides is 1. The molecule has 1 amide bonds. The van der Waals surface area contributed by atoms with Crippen molar-refractivity contribution in [2.24, 2.45) is 0 Å². The van der Waals surface area contributed by atoms with Gasteiger partial charge >= 0.3 is 5.97 Å². The fourth-order valence-electron chi connectivity index (χ4n) is 1.49. The predicted molar refractivity (Wildman–Crippen MR) is 66.2 cm³/mol. The second-order valence-corrected chi connectivity index (χ2v) is 3.85. The van der Waals surface area contributed by atoms with E-state index in [9.17, 15) is 14.0 Å². The third kappa shape index (κ3) is 4.22. The van der Waals surface area contributed by atoms with Crippen molar-refractivity contribution in [3.63, 3.8) is 0 Å². The molecule has 19 heavy (non-hydrogen) atoms. The van der Waals surface area contributed by atoms with E-state index in [1.54, 1.807) is 0 Å². The van der Waals surface area contributed by atoms with Crippen LogP contribution in [0.3, 0.4) is 0 Å². The smallest absolute Gasteiger partial charge is 0.323 e. The van der Waals surface area contributed by atoms with Crippen LogP contribution >= 0.6 is 0 Å². The van der Waals surface area contributed by atoms with E-state index in [0.29, 0.717) is 0 Å². The van der Waals surface area contributed by atoms with E-state index in [0.717, 1.165) is 11.0 Å². The number of rotatable bonds is 6. The monoisotopic (exact) mass is 270 g/mol. The van der Waals surface area contributed by atoms with Crippen molar-refractivity contribution in [3.05, 3.63) is 29.6 Å². The van der Waals surface area contributed by atoms with Gasteiger partial charge in [0.1, 0.15) is 12.4 Å². The Morgan fingerprint density at radius 2 is 2.16 bits per heavy atom. The van der Waals surface area contributed by atoms with Gasteiger partial charge < -0.3 is 20.5 Å². The third-order valence-corrected chi connectivity index (χ3v) is 2.40. The number of nitrogens with two attached hydrogens (primary N) is 1. The van der Waals surface area contributed by atoms with Crippen LogP contribution in [0.5, 0.6) is 0 Å². The maximum Gasteiger partial charge on any atom is 0.323 e. The molecule has 0 aromatic heterocycles. The van der Waals surface area contributed by atoms with Gasteiger partial charge in [-0.2, -0.15) is 0 Å². The van der Waals surface area contributed by atoms with Crippen LogP contribution in [-0.2, 0) is 9.53 Å². The van der Waals surface area contributed by atoms with Gasteiger partial charge in [-0.3, -0.25) is 9.59 Å². The highest BCUT2D eigenvalue weighted by Gasteiger charge is 2.21. The zero-order valence-corrected chi connectivity index (χ0v) is 10.4. The number of hydrogen-bond donors (Lipinski definition) is 2. The number of carbonyl (C=O) groups is 2. The second-order valence-electron chi connectivity index (χ2n) is 3.85. The minimum Gasteiger partial charge on any atom is -0.480 e. The van der Waals surface area contributed by atoms with Gasteiger partial charge in [-0.05, 0) is 18.2 Å². The van der Waals surface area contributed by atoms with Crippen molar-refractivity contribution in [2.45, 2.75) is 0 Å². The molecule has 0 radical (unpaired) electrons. The molecule has 1 aromatic carbocycles. The summed E-state index contributed by atoms with van der Waals surface area (Å²) in [5.74, 6) is -2.67. The molecule has 0 unspecified atom stereocenters. The Hall–Kier alpha value is -2.15. The molecule has 0 spiro atoms. The summed E-state index contributed by atoms with van der Waals surface area (Å²) in [5, 5.41) is 8.74. The Balaban J connectivity index is 2.93. The zero-order valence-electron chi connectivity index (χ0n) is 10.4. The second kappa shape index (κ2) is 6.69. The van der Waals surface area contributed by atoms with Crippen LogP contribution in [0.15, 0.2) is 18.2 Å². The van der Waals surface area contributed by atoms with E-state index in [2.05, 4.69) is 0 Å². The van der Waals surface area contributed by atoms with E-state index < -0.39 is 24.2 Å². The number of halogens is 1. The standard InChI is InChI=1S/C12H15FN2O4/c1-19-5-4-15(7-11(16)17)12(18)9-3-2-8(14)6-10(9)13/h2-3,6H,4-5,7,14H2,1H3,(H,16,17). The van der Waals surface area contributed by atoms with Crippen molar-refractivity contribution in [1.82, 2.24) is 4.90 Å². The van der Waals surface area contributed by atoms with Crippen LogP contribution in [-0.4, -0.2) is 48.7 Å². The largest absolute Gasteiger partial charge is 0.480 e. The van der Waals surface area contributed by atoms with Gasteiger partial charge in [0.15, 0.2) is 0 Å². The molecule has 0 heterocycles. The van der Waals surface area contributed by atoms with Crippen LogP contribution in [0.1, 0.15) is 10.4 Å². The first-order valence-electron chi connectivity index (χ1n) is 5.50. The molecule has 0 saturated carbocycles. The van der Waals surface area contributed by atoms with Crippen molar-refractivity contribution in [2.75, 3.05) is 32.5 Å². The molecular formula is C12H15FN2O4. The summed E-state index contributed by atoms with van der Waals surface area (Å²) in [5.41, 5.74) is 5.36. The number of benzene rings is 1. The van der Waals surface area contributed by atoms with Gasteiger partial charge in [-0.15, -0.1) is 0 Å². The molecule has 7 heteroatoms. The Morgan fingerprint density at radius 3 is 2.68 bits per heavy atom. The highest BCUT2D eigenvalue weighted by Crippen LogP contribution is 2.14. The zero-order chi connectivity index (χ0) is 14.4. The Morgan fingerprint density at radius 1 is 1.47 bits per heavy atom. The fourth-order valence-corrected chi connectivity index (χ4v) is 1.49. The first-order chi connectivity index (χ1) is 8.95. The number of carboxylic acids is 1. The Bertz CT molecular complexity index is 479. The number of carboxylic acid groups (broad SMARTS) is 1. The molecule has 0 aliphatic carbocycles. The van der Waals surface area contributed by atoms with Gasteiger partial charge in [0.25, 0.3) is 5.91 Å². The Labute approximate surface area is 109 Å². The molecule has 3 N–H and O–H groups in total. The summed E-state index contributed by atoms with van der Waals surface area (Å²) in [6, 6.07) is 3.63. The molecule has 104 valence electrons. The molecule has 0 atom stereocenters. The van der Waals surface area contributed by atoms with Crippen LogP contribution in [0.25, 0.3) is 0 Å². The molecule has 1 rings (SSSR count). The number of aliphatic carboxylic acids is 1. The van der Waals surface area contributed by atoms with E-state index >= 15 is 0 Å². The molecule has 0 aliphatic rings. The molecule has 0 fully saturated rings. The molecular weight excluding hydrogens is 255 g/mol. The minimum absolute atomic E-state index is 0.0610. The first kappa shape index (κ1) is 14.9. The molecule has 0 saturated heterocycles. The minimum atomic E-state index is -1.18. The average Bonchev–Trinajstić information content (AvgIpc) is 2.33. The Kier molecular flexibility index (Phi) is 5.25. The van der Waals surface area contributed by atoms with E-state index in [4.69, 9.17) is 15.6 Å². The lowest BCUT2D eigenvalue weighted by molar-refractivity contribution is -0.137. The molecule has 6 nitrogen and oxygen atoms in total. The van der Waals surface area contributed by atoms with Crippen LogP contribution in [0.4, 0.5) is 10.1 Å². The number of carbonyl (C=O) groups excluding carboxylic acids is 1. The third-order valence-electron chi connectivity index (χ3n) is 2.40. The maximum atomic E-state index is 13.6. The lowest BCUT2D eigenvalue weighted by Gasteiger charge is -2.20. The summed E-state index contributed by atoms with van der Waals surface area (Å²) in [7, 11) is 1.42. The number of methoxy groups -OCH3 is 1. The van der Waals surface area contributed by atoms with E-state index in [1.807, 2.05) is 0 Å². The van der Waals surface area contributed by atoms with Gasteiger partial charge in [0.05, 0.1) is 12.2 Å². The van der Waals surface area contributed by atoms with Crippen molar-refractivity contribution >= 4 is 17.6 Å². The average molecular weight is 270 g/mol. The molecule has 1 aromatic rings. The van der Waals surface area contributed by atoms with Crippen molar-refractivity contribution in [1.29, 1.82) is 0 Å². The normalized spacial score (nSPS) is 10.2. The highest BCUT2D eigenvalue weighted by molar-refractivity contribution is 5.96. The highest BCUT2D eigenvalue weighted by atomic mass is 19.1. The van der Waals surface area contributed by atoms with Gasteiger partial charge in [0.2, 0.25) is 0 Å². The maximum absolute atomic E-state index is 13.6. The molecule has 0 aliphatic heterocycles.